The molecule has 0 aliphatic rings. The van der Waals surface area contributed by atoms with Gasteiger partial charge in [0.15, 0.2) is 0 Å². The maximum atomic E-state index is 12.5. The number of rotatable bonds is 64. The second-order valence-electron chi connectivity index (χ2n) is 23.5. The summed E-state index contributed by atoms with van der Waals surface area (Å²) in [7, 11) is 0. The summed E-state index contributed by atoms with van der Waals surface area (Å²) in [5.41, 5.74) is 0. The van der Waals surface area contributed by atoms with E-state index >= 15 is 0 Å². The Kier molecular flexibility index (Phi) is 62.4. The van der Waals surface area contributed by atoms with Gasteiger partial charge in [0.05, 0.1) is 25.4 Å². The Bertz CT molecular complexity index is 1050. The third-order valence-electron chi connectivity index (χ3n) is 16.2. The number of ether oxygens (including phenoxy) is 1. The SMILES string of the molecule is CCCCCCCCCCCCCCCCCCCCCCCCC(O)C(CO)NC(=O)CCCCCCCCCCCCCCCCCCCCCCOC(=O)CCCCCCCCCCCCCCCC. The molecule has 0 radical (unpaired) electrons. The maximum absolute atomic E-state index is 12.5. The van der Waals surface area contributed by atoms with Crippen molar-refractivity contribution in [1.29, 1.82) is 0 Å². The minimum atomic E-state index is -0.665. The molecule has 3 N–H and O–H groups in total. The van der Waals surface area contributed by atoms with Crippen LogP contribution in [0.4, 0.5) is 0 Å². The van der Waals surface area contributed by atoms with Crippen LogP contribution >= 0.6 is 0 Å². The van der Waals surface area contributed by atoms with E-state index in [4.69, 9.17) is 4.74 Å². The zero-order valence-corrected chi connectivity index (χ0v) is 49.9. The molecule has 6 nitrogen and oxygen atoms in total. The predicted octanol–water partition coefficient (Wildman–Crippen LogP) is 21.4. The molecular formula is C67H133NO5. The van der Waals surface area contributed by atoms with Gasteiger partial charge in [-0.3, -0.25) is 9.59 Å². The van der Waals surface area contributed by atoms with Gasteiger partial charge in [-0.05, 0) is 25.7 Å². The van der Waals surface area contributed by atoms with Crippen LogP contribution in [0.1, 0.15) is 393 Å². The number of esters is 1. The lowest BCUT2D eigenvalue weighted by Gasteiger charge is -2.22. The number of carbonyl (C=O) groups is 2. The minimum absolute atomic E-state index is 0.0144. The van der Waals surface area contributed by atoms with Gasteiger partial charge in [-0.1, -0.05) is 354 Å². The van der Waals surface area contributed by atoms with Crippen molar-refractivity contribution in [2.24, 2.45) is 0 Å². The van der Waals surface area contributed by atoms with Crippen molar-refractivity contribution in [1.82, 2.24) is 5.32 Å². The molecule has 73 heavy (non-hydrogen) atoms. The second kappa shape index (κ2) is 63.4. The van der Waals surface area contributed by atoms with Crippen LogP contribution in [0.25, 0.3) is 0 Å². The van der Waals surface area contributed by atoms with Gasteiger partial charge in [0.2, 0.25) is 5.91 Å². The molecule has 1 amide bonds. The van der Waals surface area contributed by atoms with E-state index in [2.05, 4.69) is 19.2 Å². The molecule has 0 fully saturated rings. The molecule has 0 aromatic heterocycles. The summed E-state index contributed by atoms with van der Waals surface area (Å²) < 4.78 is 5.49. The minimum Gasteiger partial charge on any atom is -0.466 e. The third-order valence-corrected chi connectivity index (χ3v) is 16.2. The van der Waals surface area contributed by atoms with Gasteiger partial charge >= 0.3 is 5.97 Å². The third kappa shape index (κ3) is 60.0. The van der Waals surface area contributed by atoms with Gasteiger partial charge in [-0.15, -0.1) is 0 Å². The molecule has 0 saturated heterocycles. The zero-order valence-electron chi connectivity index (χ0n) is 49.9. The molecule has 0 spiro atoms. The first-order valence-electron chi connectivity index (χ1n) is 33.8. The quantitative estimate of drug-likeness (QED) is 0.0417. The Balaban J connectivity index is 3.38. The summed E-state index contributed by atoms with van der Waals surface area (Å²) in [6.45, 7) is 5.00. The van der Waals surface area contributed by atoms with Crippen LogP contribution in [0.15, 0.2) is 0 Å². The van der Waals surface area contributed by atoms with E-state index in [-0.39, 0.29) is 18.5 Å². The molecule has 0 aliphatic heterocycles. The van der Waals surface area contributed by atoms with Gasteiger partial charge in [0.1, 0.15) is 0 Å². The van der Waals surface area contributed by atoms with Gasteiger partial charge in [0.25, 0.3) is 0 Å². The number of aliphatic hydroxyl groups excluding tert-OH is 2. The Morgan fingerprint density at radius 2 is 0.562 bits per heavy atom. The predicted molar refractivity (Wildman–Crippen MR) is 320 cm³/mol. The lowest BCUT2D eigenvalue weighted by Crippen LogP contribution is -2.45. The molecule has 2 unspecified atom stereocenters. The number of hydrogen-bond donors (Lipinski definition) is 3. The van der Waals surface area contributed by atoms with Crippen molar-refractivity contribution >= 4 is 11.9 Å². The van der Waals surface area contributed by atoms with Gasteiger partial charge < -0.3 is 20.3 Å². The monoisotopic (exact) mass is 1030 g/mol. The van der Waals surface area contributed by atoms with Crippen molar-refractivity contribution in [3.63, 3.8) is 0 Å². The molecule has 436 valence electrons. The lowest BCUT2D eigenvalue weighted by molar-refractivity contribution is -0.143. The van der Waals surface area contributed by atoms with Crippen molar-refractivity contribution < 1.29 is 24.5 Å². The van der Waals surface area contributed by atoms with E-state index in [1.54, 1.807) is 0 Å². The highest BCUT2D eigenvalue weighted by Crippen LogP contribution is 2.19. The molecule has 0 bridgehead atoms. The van der Waals surface area contributed by atoms with Gasteiger partial charge in [-0.25, -0.2) is 0 Å². The summed E-state index contributed by atoms with van der Waals surface area (Å²) in [6, 6.07) is -0.543. The van der Waals surface area contributed by atoms with Crippen LogP contribution in [0.5, 0.6) is 0 Å². The molecule has 2 atom stereocenters. The smallest absolute Gasteiger partial charge is 0.305 e. The van der Waals surface area contributed by atoms with Gasteiger partial charge in [-0.2, -0.15) is 0 Å². The average molecular weight is 1030 g/mol. The second-order valence-corrected chi connectivity index (χ2v) is 23.5. The Morgan fingerprint density at radius 3 is 0.836 bits per heavy atom. The van der Waals surface area contributed by atoms with Crippen LogP contribution in [-0.4, -0.2) is 47.4 Å². The lowest BCUT2D eigenvalue weighted by atomic mass is 10.0. The topological polar surface area (TPSA) is 95.9 Å². The van der Waals surface area contributed by atoms with Crippen LogP contribution < -0.4 is 5.32 Å². The van der Waals surface area contributed by atoms with E-state index < -0.39 is 12.1 Å². The summed E-state index contributed by atoms with van der Waals surface area (Å²) in [4.78, 5) is 24.6. The zero-order chi connectivity index (χ0) is 52.9. The van der Waals surface area contributed by atoms with Gasteiger partial charge in [0, 0.05) is 12.8 Å². The molecule has 6 heteroatoms. The fraction of sp³-hybridized carbons (Fsp3) is 0.970. The van der Waals surface area contributed by atoms with Crippen molar-refractivity contribution in [2.75, 3.05) is 13.2 Å². The standard InChI is InChI=1S/C67H133NO5/c1-3-5-7-9-11-13-15-17-19-20-21-22-23-26-29-32-35-39-43-47-51-55-59-65(70)64(63-69)68-66(71)60-56-52-48-44-40-36-33-30-27-24-25-28-31-34-38-42-46-50-54-58-62-73-67(72)61-57-53-49-45-41-37-18-16-14-12-10-8-6-4-2/h64-65,69-70H,3-63H2,1-2H3,(H,68,71). The molecular weight excluding hydrogens is 899 g/mol. The maximum Gasteiger partial charge on any atom is 0.305 e. The number of aliphatic hydroxyl groups is 2. The van der Waals surface area contributed by atoms with Crippen molar-refractivity contribution in [3.05, 3.63) is 0 Å². The Morgan fingerprint density at radius 1 is 0.329 bits per heavy atom. The van der Waals surface area contributed by atoms with E-state index in [0.717, 1.165) is 38.5 Å². The summed E-state index contributed by atoms with van der Waals surface area (Å²) in [5.74, 6) is -0.0170. The van der Waals surface area contributed by atoms with E-state index in [9.17, 15) is 19.8 Å². The fourth-order valence-corrected chi connectivity index (χ4v) is 11.0. The normalized spacial score (nSPS) is 12.4. The summed E-state index contributed by atoms with van der Waals surface area (Å²) >= 11 is 0. The summed E-state index contributed by atoms with van der Waals surface area (Å²) in [5, 5.41) is 23.4. The summed E-state index contributed by atoms with van der Waals surface area (Å²) in [6.07, 6.45) is 75.6. The first-order valence-corrected chi connectivity index (χ1v) is 33.8. The highest BCUT2D eigenvalue weighted by Gasteiger charge is 2.20. The van der Waals surface area contributed by atoms with Crippen molar-refractivity contribution in [2.45, 2.75) is 405 Å². The average Bonchev–Trinajstić information content (AvgIpc) is 3.39. The van der Waals surface area contributed by atoms with E-state index in [1.807, 2.05) is 0 Å². The van der Waals surface area contributed by atoms with E-state index in [1.165, 1.54) is 321 Å². The number of amides is 1. The molecule has 0 saturated carbocycles. The van der Waals surface area contributed by atoms with Crippen molar-refractivity contribution in [3.8, 4) is 0 Å². The first-order chi connectivity index (χ1) is 36.0. The number of unbranched alkanes of at least 4 members (excludes halogenated alkanes) is 53. The molecule has 0 heterocycles. The van der Waals surface area contributed by atoms with E-state index in [0.29, 0.717) is 25.9 Å². The molecule has 0 rings (SSSR count). The fourth-order valence-electron chi connectivity index (χ4n) is 11.0. The molecule has 0 aromatic rings. The Labute approximate surface area is 457 Å². The number of hydrogen-bond acceptors (Lipinski definition) is 5. The molecule has 0 aliphatic carbocycles. The van der Waals surface area contributed by atoms with Crippen LogP contribution in [0.3, 0.4) is 0 Å². The van der Waals surface area contributed by atoms with Crippen LogP contribution in [0, 0.1) is 0 Å². The number of nitrogens with one attached hydrogen (secondary N) is 1. The van der Waals surface area contributed by atoms with Crippen LogP contribution in [0.2, 0.25) is 0 Å². The highest BCUT2D eigenvalue weighted by molar-refractivity contribution is 5.76. The van der Waals surface area contributed by atoms with Crippen LogP contribution in [-0.2, 0) is 14.3 Å². The molecule has 0 aromatic carbocycles. The largest absolute Gasteiger partial charge is 0.466 e. The number of carbonyl (C=O) groups excluding carboxylic acids is 2. The highest BCUT2D eigenvalue weighted by atomic mass is 16.5. The first kappa shape index (κ1) is 71.9. The Hall–Kier alpha value is -1.14.